The average molecular weight is 354 g/mol. The molecule has 2 rings (SSSR count). The molecule has 0 saturated carbocycles. The average Bonchev–Trinajstić information content (AvgIpc) is 2.88. The molecule has 0 radical (unpaired) electrons. The van der Waals surface area contributed by atoms with Crippen LogP contribution in [0.5, 0.6) is 5.75 Å². The van der Waals surface area contributed by atoms with Gasteiger partial charge in [0.1, 0.15) is 30.7 Å². The lowest BCUT2D eigenvalue weighted by Gasteiger charge is -2.22. The SMILES string of the molecule is COc1ccc(COC[C@H]2OC(C)(C)O[C@@H]2[C@H](O)COC(C)=O)cc1. The standard InChI is InChI=1S/C18H26O7/c1-12(19)23-10-15(20)17-16(24-18(2,3)25-17)11-22-9-13-5-7-14(21-4)8-6-13/h5-8,15-17,20H,9-11H2,1-4H3/t15-,16-,17-/m1/s1. The normalized spacial score (nSPS) is 23.2. The zero-order chi connectivity index (χ0) is 18.4. The molecular formula is C18H26O7. The lowest BCUT2D eigenvalue weighted by molar-refractivity contribution is -0.163. The van der Waals surface area contributed by atoms with E-state index in [0.717, 1.165) is 11.3 Å². The van der Waals surface area contributed by atoms with Crippen LogP contribution in [0.3, 0.4) is 0 Å². The van der Waals surface area contributed by atoms with Crippen LogP contribution < -0.4 is 4.74 Å². The highest BCUT2D eigenvalue weighted by molar-refractivity contribution is 5.65. The maximum absolute atomic E-state index is 10.9. The van der Waals surface area contributed by atoms with Crippen LogP contribution in [0.15, 0.2) is 24.3 Å². The molecule has 0 spiro atoms. The van der Waals surface area contributed by atoms with Gasteiger partial charge in [0.2, 0.25) is 0 Å². The number of methoxy groups -OCH3 is 1. The van der Waals surface area contributed by atoms with Gasteiger partial charge in [0.15, 0.2) is 5.79 Å². The van der Waals surface area contributed by atoms with Gasteiger partial charge in [-0.05, 0) is 31.5 Å². The van der Waals surface area contributed by atoms with E-state index in [9.17, 15) is 9.90 Å². The lowest BCUT2D eigenvalue weighted by atomic mass is 10.1. The number of hydrogen-bond donors (Lipinski definition) is 1. The molecule has 1 saturated heterocycles. The minimum absolute atomic E-state index is 0.144. The summed E-state index contributed by atoms with van der Waals surface area (Å²) in [6.45, 7) is 5.32. The molecule has 0 bridgehead atoms. The summed E-state index contributed by atoms with van der Waals surface area (Å²) >= 11 is 0. The summed E-state index contributed by atoms with van der Waals surface area (Å²) in [5, 5.41) is 10.2. The van der Waals surface area contributed by atoms with Crippen molar-refractivity contribution in [3.05, 3.63) is 29.8 Å². The van der Waals surface area contributed by atoms with E-state index >= 15 is 0 Å². The quantitative estimate of drug-likeness (QED) is 0.711. The Kier molecular flexibility index (Phi) is 6.78. The van der Waals surface area contributed by atoms with Crippen molar-refractivity contribution in [1.29, 1.82) is 0 Å². The number of esters is 1. The van der Waals surface area contributed by atoms with Crippen molar-refractivity contribution in [2.24, 2.45) is 0 Å². The van der Waals surface area contributed by atoms with Crippen LogP contribution in [-0.4, -0.2) is 55.5 Å². The zero-order valence-electron chi connectivity index (χ0n) is 15.1. The Morgan fingerprint density at radius 3 is 2.56 bits per heavy atom. The van der Waals surface area contributed by atoms with Crippen LogP contribution in [-0.2, 0) is 30.3 Å². The van der Waals surface area contributed by atoms with Crippen molar-refractivity contribution in [2.75, 3.05) is 20.3 Å². The van der Waals surface area contributed by atoms with E-state index < -0.39 is 30.1 Å². The monoisotopic (exact) mass is 354 g/mol. The fourth-order valence-corrected chi connectivity index (χ4v) is 2.63. The minimum atomic E-state index is -0.986. The number of aliphatic hydroxyl groups is 1. The van der Waals surface area contributed by atoms with Crippen molar-refractivity contribution in [2.45, 2.75) is 51.5 Å². The second-order valence-electron chi connectivity index (χ2n) is 6.37. The Morgan fingerprint density at radius 1 is 1.28 bits per heavy atom. The van der Waals surface area contributed by atoms with Gasteiger partial charge in [-0.15, -0.1) is 0 Å². The Bertz CT molecular complexity index is 555. The van der Waals surface area contributed by atoms with Crippen molar-refractivity contribution < 1.29 is 33.6 Å². The molecule has 0 aromatic heterocycles. The highest BCUT2D eigenvalue weighted by atomic mass is 16.8. The smallest absolute Gasteiger partial charge is 0.302 e. The molecule has 7 heteroatoms. The van der Waals surface area contributed by atoms with Crippen LogP contribution in [0.1, 0.15) is 26.3 Å². The van der Waals surface area contributed by atoms with E-state index in [2.05, 4.69) is 0 Å². The molecule has 3 atom stereocenters. The Balaban J connectivity index is 1.87. The van der Waals surface area contributed by atoms with Gasteiger partial charge in [0.05, 0.1) is 20.3 Å². The molecule has 1 aliphatic rings. The Morgan fingerprint density at radius 2 is 1.96 bits per heavy atom. The van der Waals surface area contributed by atoms with Crippen molar-refractivity contribution in [1.82, 2.24) is 0 Å². The third-order valence-electron chi connectivity index (χ3n) is 3.77. The number of carbonyl (C=O) groups is 1. The molecule has 0 amide bonds. The molecule has 1 heterocycles. The number of ether oxygens (including phenoxy) is 5. The summed E-state index contributed by atoms with van der Waals surface area (Å²) in [6.07, 6.45) is -2.08. The number of aliphatic hydroxyl groups excluding tert-OH is 1. The molecule has 1 aromatic carbocycles. The van der Waals surface area contributed by atoms with Crippen LogP contribution >= 0.6 is 0 Å². The van der Waals surface area contributed by atoms with E-state index in [-0.39, 0.29) is 13.2 Å². The maximum atomic E-state index is 10.9. The molecule has 1 aromatic rings. The highest BCUT2D eigenvalue weighted by Gasteiger charge is 2.45. The third kappa shape index (κ3) is 5.97. The number of hydrogen-bond acceptors (Lipinski definition) is 7. The van der Waals surface area contributed by atoms with Crippen LogP contribution in [0.4, 0.5) is 0 Å². The van der Waals surface area contributed by atoms with Crippen molar-refractivity contribution in [3.63, 3.8) is 0 Å². The molecule has 0 aliphatic carbocycles. The summed E-state index contributed by atoms with van der Waals surface area (Å²) in [5.41, 5.74) is 0.996. The van der Waals surface area contributed by atoms with Gasteiger partial charge >= 0.3 is 5.97 Å². The first kappa shape index (κ1) is 19.7. The lowest BCUT2D eigenvalue weighted by Crippen LogP contribution is -2.40. The molecule has 25 heavy (non-hydrogen) atoms. The molecule has 1 aliphatic heterocycles. The summed E-state index contributed by atoms with van der Waals surface area (Å²) in [4.78, 5) is 10.9. The first-order chi connectivity index (χ1) is 11.8. The summed E-state index contributed by atoms with van der Waals surface area (Å²) in [6, 6.07) is 7.56. The van der Waals surface area contributed by atoms with Crippen LogP contribution in [0, 0.1) is 0 Å². The summed E-state index contributed by atoms with van der Waals surface area (Å²) in [5.74, 6) is -0.507. The predicted octanol–water partition coefficient (Wildman–Crippen LogP) is 1.66. The van der Waals surface area contributed by atoms with E-state index in [1.807, 2.05) is 24.3 Å². The molecule has 0 unspecified atom stereocenters. The second kappa shape index (κ2) is 8.62. The minimum Gasteiger partial charge on any atom is -0.497 e. The Labute approximate surface area is 147 Å². The fourth-order valence-electron chi connectivity index (χ4n) is 2.63. The zero-order valence-corrected chi connectivity index (χ0v) is 15.1. The molecular weight excluding hydrogens is 328 g/mol. The third-order valence-corrected chi connectivity index (χ3v) is 3.77. The van der Waals surface area contributed by atoms with Gasteiger partial charge in [-0.3, -0.25) is 4.79 Å². The van der Waals surface area contributed by atoms with Crippen LogP contribution in [0.25, 0.3) is 0 Å². The molecule has 140 valence electrons. The van der Waals surface area contributed by atoms with Crippen molar-refractivity contribution >= 4 is 5.97 Å². The largest absolute Gasteiger partial charge is 0.497 e. The van der Waals surface area contributed by atoms with Gasteiger partial charge in [-0.1, -0.05) is 12.1 Å². The van der Waals surface area contributed by atoms with E-state index in [1.54, 1.807) is 21.0 Å². The van der Waals surface area contributed by atoms with E-state index in [4.69, 9.17) is 23.7 Å². The number of benzene rings is 1. The summed E-state index contributed by atoms with van der Waals surface area (Å²) in [7, 11) is 1.62. The number of rotatable bonds is 8. The number of carbonyl (C=O) groups excluding carboxylic acids is 1. The molecule has 1 fully saturated rings. The fraction of sp³-hybridized carbons (Fsp3) is 0.611. The first-order valence-electron chi connectivity index (χ1n) is 8.18. The van der Waals surface area contributed by atoms with Gasteiger partial charge in [-0.25, -0.2) is 0 Å². The predicted molar refractivity (Wildman–Crippen MR) is 89.1 cm³/mol. The van der Waals surface area contributed by atoms with Gasteiger partial charge in [0, 0.05) is 6.92 Å². The van der Waals surface area contributed by atoms with Gasteiger partial charge < -0.3 is 28.8 Å². The van der Waals surface area contributed by atoms with E-state index in [0.29, 0.717) is 6.61 Å². The highest BCUT2D eigenvalue weighted by Crippen LogP contribution is 2.30. The van der Waals surface area contributed by atoms with Crippen molar-refractivity contribution in [3.8, 4) is 5.75 Å². The molecule has 7 nitrogen and oxygen atoms in total. The molecule has 1 N–H and O–H groups in total. The van der Waals surface area contributed by atoms with Gasteiger partial charge in [0.25, 0.3) is 0 Å². The van der Waals surface area contributed by atoms with Gasteiger partial charge in [-0.2, -0.15) is 0 Å². The topological polar surface area (TPSA) is 83.5 Å². The Hall–Kier alpha value is -1.67. The van der Waals surface area contributed by atoms with E-state index in [1.165, 1.54) is 6.92 Å². The maximum Gasteiger partial charge on any atom is 0.302 e. The summed E-state index contributed by atoms with van der Waals surface area (Å²) < 4.78 is 27.2. The second-order valence-corrected chi connectivity index (χ2v) is 6.37. The van der Waals surface area contributed by atoms with Crippen LogP contribution in [0.2, 0.25) is 0 Å². The first-order valence-corrected chi connectivity index (χ1v) is 8.18.